The first kappa shape index (κ1) is 7.50. The minimum atomic E-state index is -0.293. The Morgan fingerprint density at radius 3 is 2.64 bits per heavy atom. The predicted molar refractivity (Wildman–Crippen MR) is 53.0 cm³/mol. The van der Waals surface area contributed by atoms with Crippen molar-refractivity contribution in [2.24, 2.45) is 0 Å². The summed E-state index contributed by atoms with van der Waals surface area (Å²) >= 11 is 0. The Morgan fingerprint density at radius 2 is 1.93 bits per heavy atom. The van der Waals surface area contributed by atoms with Crippen LogP contribution in [-0.2, 0) is 0 Å². The van der Waals surface area contributed by atoms with Crippen molar-refractivity contribution < 1.29 is 4.92 Å². The molecular weight excluding hydrogens is 178 g/mol. The van der Waals surface area contributed by atoms with Gasteiger partial charge in [-0.25, -0.2) is 0 Å². The molecule has 68 valence electrons. The maximum Gasteiger partial charge on any atom is 0.273 e. The first-order chi connectivity index (χ1) is 6.77. The number of fused-ring (bicyclic) bond motifs is 5. The molecule has 0 atom stereocenters. The fourth-order valence-corrected chi connectivity index (χ4v) is 2.18. The second kappa shape index (κ2) is 2.32. The standard InChI is InChI=1S/C11H7NO2/c13-12(14)11-6-7-5-10(11)9-4-2-1-3-8(7)9/h1-4,6H,5H2. The van der Waals surface area contributed by atoms with Gasteiger partial charge in [-0.15, -0.1) is 0 Å². The molecule has 0 unspecified atom stereocenters. The maximum atomic E-state index is 10.7. The van der Waals surface area contributed by atoms with E-state index in [4.69, 9.17) is 0 Å². The highest BCUT2D eigenvalue weighted by atomic mass is 16.6. The zero-order valence-corrected chi connectivity index (χ0v) is 7.36. The average Bonchev–Trinajstić information content (AvgIpc) is 2.75. The van der Waals surface area contributed by atoms with E-state index in [-0.39, 0.29) is 10.6 Å². The van der Waals surface area contributed by atoms with Crippen LogP contribution in [-0.4, -0.2) is 4.92 Å². The highest BCUT2D eigenvalue weighted by molar-refractivity contribution is 5.99. The van der Waals surface area contributed by atoms with Gasteiger partial charge in [-0.1, -0.05) is 24.3 Å². The smallest absolute Gasteiger partial charge is 0.258 e. The normalized spacial score (nSPS) is 17.0. The lowest BCUT2D eigenvalue weighted by atomic mass is 10.0. The maximum absolute atomic E-state index is 10.7. The Kier molecular flexibility index (Phi) is 1.24. The minimum Gasteiger partial charge on any atom is -0.258 e. The van der Waals surface area contributed by atoms with E-state index in [0.717, 1.165) is 28.7 Å². The molecule has 2 bridgehead atoms. The third-order valence-corrected chi connectivity index (χ3v) is 2.78. The van der Waals surface area contributed by atoms with E-state index in [9.17, 15) is 10.1 Å². The van der Waals surface area contributed by atoms with Crippen molar-refractivity contribution in [1.29, 1.82) is 0 Å². The van der Waals surface area contributed by atoms with Crippen LogP contribution >= 0.6 is 0 Å². The van der Waals surface area contributed by atoms with Gasteiger partial charge in [-0.2, -0.15) is 0 Å². The van der Waals surface area contributed by atoms with Crippen molar-refractivity contribution in [2.45, 2.75) is 6.42 Å². The molecule has 14 heavy (non-hydrogen) atoms. The summed E-state index contributed by atoms with van der Waals surface area (Å²) in [5, 5.41) is 10.7. The summed E-state index contributed by atoms with van der Waals surface area (Å²) in [7, 11) is 0. The van der Waals surface area contributed by atoms with Gasteiger partial charge in [0.2, 0.25) is 0 Å². The van der Waals surface area contributed by atoms with Crippen molar-refractivity contribution in [3.63, 3.8) is 0 Å². The average molecular weight is 185 g/mol. The van der Waals surface area contributed by atoms with Gasteiger partial charge in [-0.05, 0) is 16.7 Å². The zero-order chi connectivity index (χ0) is 9.71. The minimum absolute atomic E-state index is 0.277. The van der Waals surface area contributed by atoms with E-state index in [0.29, 0.717) is 0 Å². The van der Waals surface area contributed by atoms with Crippen LogP contribution in [0.1, 0.15) is 17.5 Å². The summed E-state index contributed by atoms with van der Waals surface area (Å²) in [4.78, 5) is 10.4. The molecule has 0 heterocycles. The van der Waals surface area contributed by atoms with E-state index >= 15 is 0 Å². The fourth-order valence-electron chi connectivity index (χ4n) is 2.18. The number of nitro groups is 1. The van der Waals surface area contributed by atoms with Crippen LogP contribution in [0, 0.1) is 10.1 Å². The number of rotatable bonds is 1. The molecule has 0 aliphatic heterocycles. The highest BCUT2D eigenvalue weighted by Gasteiger charge is 2.34. The molecule has 1 aromatic rings. The van der Waals surface area contributed by atoms with E-state index in [2.05, 4.69) is 0 Å². The number of benzene rings is 1. The third kappa shape index (κ3) is 0.763. The van der Waals surface area contributed by atoms with Crippen molar-refractivity contribution in [1.82, 2.24) is 0 Å². The van der Waals surface area contributed by atoms with Crippen LogP contribution in [0.3, 0.4) is 0 Å². The molecule has 0 saturated carbocycles. The van der Waals surface area contributed by atoms with Crippen LogP contribution in [0.5, 0.6) is 0 Å². The topological polar surface area (TPSA) is 43.1 Å². The lowest BCUT2D eigenvalue weighted by Gasteiger charge is -2.03. The first-order valence-corrected chi connectivity index (χ1v) is 4.45. The van der Waals surface area contributed by atoms with Gasteiger partial charge in [0.15, 0.2) is 0 Å². The Balaban J connectivity index is 2.29. The lowest BCUT2D eigenvalue weighted by Crippen LogP contribution is -1.99. The Hall–Kier alpha value is -1.90. The predicted octanol–water partition coefficient (Wildman–Crippen LogP) is 2.48. The Labute approximate surface area is 80.5 Å². The number of hydrogen-bond donors (Lipinski definition) is 0. The number of nitrogens with zero attached hydrogens (tertiary/aromatic N) is 1. The van der Waals surface area contributed by atoms with Gasteiger partial charge < -0.3 is 0 Å². The van der Waals surface area contributed by atoms with Crippen LogP contribution < -0.4 is 0 Å². The summed E-state index contributed by atoms with van der Waals surface area (Å²) < 4.78 is 0. The molecule has 2 aliphatic carbocycles. The van der Waals surface area contributed by atoms with E-state index in [1.165, 1.54) is 0 Å². The summed E-state index contributed by atoms with van der Waals surface area (Å²) in [5.41, 5.74) is 4.44. The number of hydrogen-bond acceptors (Lipinski definition) is 2. The second-order valence-electron chi connectivity index (χ2n) is 3.51. The molecule has 0 spiro atoms. The number of allylic oxidation sites excluding steroid dienone is 3. The molecule has 0 radical (unpaired) electrons. The summed E-state index contributed by atoms with van der Waals surface area (Å²) in [6.45, 7) is 0. The molecule has 3 rings (SSSR count). The lowest BCUT2D eigenvalue weighted by molar-refractivity contribution is -0.417. The van der Waals surface area contributed by atoms with Gasteiger partial charge in [-0.3, -0.25) is 10.1 Å². The van der Waals surface area contributed by atoms with Gasteiger partial charge >= 0.3 is 0 Å². The third-order valence-electron chi connectivity index (χ3n) is 2.78. The van der Waals surface area contributed by atoms with Crippen LogP contribution in [0.2, 0.25) is 0 Å². The van der Waals surface area contributed by atoms with E-state index in [1.54, 1.807) is 6.08 Å². The Morgan fingerprint density at radius 1 is 1.21 bits per heavy atom. The quantitative estimate of drug-likeness (QED) is 0.498. The molecular formula is C11H7NO2. The van der Waals surface area contributed by atoms with Crippen molar-refractivity contribution in [3.05, 3.63) is 57.3 Å². The molecule has 2 aliphatic rings. The second-order valence-corrected chi connectivity index (χ2v) is 3.51. The van der Waals surface area contributed by atoms with E-state index < -0.39 is 0 Å². The van der Waals surface area contributed by atoms with Crippen LogP contribution in [0.15, 0.2) is 36.0 Å². The first-order valence-electron chi connectivity index (χ1n) is 4.45. The highest BCUT2D eigenvalue weighted by Crippen LogP contribution is 2.47. The zero-order valence-electron chi connectivity index (χ0n) is 7.36. The van der Waals surface area contributed by atoms with Crippen LogP contribution in [0.25, 0.3) is 11.1 Å². The van der Waals surface area contributed by atoms with Gasteiger partial charge in [0.05, 0.1) is 4.92 Å². The van der Waals surface area contributed by atoms with Crippen LogP contribution in [0.4, 0.5) is 0 Å². The van der Waals surface area contributed by atoms with Gasteiger partial charge in [0.25, 0.3) is 5.70 Å². The largest absolute Gasteiger partial charge is 0.273 e. The molecule has 1 aromatic carbocycles. The van der Waals surface area contributed by atoms with E-state index in [1.807, 2.05) is 24.3 Å². The molecule has 0 amide bonds. The van der Waals surface area contributed by atoms with Crippen molar-refractivity contribution >= 4 is 11.1 Å². The molecule has 0 N–H and O–H groups in total. The van der Waals surface area contributed by atoms with Crippen molar-refractivity contribution in [2.75, 3.05) is 0 Å². The molecule has 0 saturated heterocycles. The molecule has 0 fully saturated rings. The molecule has 0 aromatic heterocycles. The van der Waals surface area contributed by atoms with Gasteiger partial charge in [0, 0.05) is 18.1 Å². The molecule has 3 heteroatoms. The van der Waals surface area contributed by atoms with Gasteiger partial charge in [0.1, 0.15) is 0 Å². The summed E-state index contributed by atoms with van der Waals surface area (Å²) in [5.74, 6) is 0. The summed E-state index contributed by atoms with van der Waals surface area (Å²) in [6.07, 6.45) is 2.42. The fraction of sp³-hybridized carbons (Fsp3) is 0.0909. The molecule has 3 nitrogen and oxygen atoms in total. The monoisotopic (exact) mass is 185 g/mol. The summed E-state index contributed by atoms with van der Waals surface area (Å²) in [6, 6.07) is 7.86. The Bertz CT molecular complexity index is 512. The van der Waals surface area contributed by atoms with Crippen molar-refractivity contribution in [3.8, 4) is 0 Å². The SMILES string of the molecule is O=[N+]([O-])C1=C2CC(=C1)c1ccccc12.